The number of halogens is 1. The van der Waals surface area contributed by atoms with E-state index in [1.165, 1.54) is 29.2 Å². The minimum atomic E-state index is -0.288. The first-order valence-corrected chi connectivity index (χ1v) is 10.1. The number of rotatable bonds is 7. The lowest BCUT2D eigenvalue weighted by Crippen LogP contribution is -2.07. The molecule has 0 radical (unpaired) electrons. The minimum Gasteiger partial charge on any atom is -0.297 e. The highest BCUT2D eigenvalue weighted by molar-refractivity contribution is 8.01. The molecule has 3 aromatic rings. The van der Waals surface area contributed by atoms with E-state index < -0.39 is 0 Å². The standard InChI is InChI=1S/C19H14ClN3O2S2/c20-15-9-7-14(8-10-15)16(24)12-26-19-23-22-18(27-19)21-17(25)11-6-13-4-2-1-3-5-13/h1-11H,12H2,(H,21,22,25)/b11-6+. The SMILES string of the molecule is O=C(/C=C/c1ccccc1)Nc1nnc(SCC(=O)c2ccc(Cl)cc2)s1. The molecule has 3 rings (SSSR count). The van der Waals surface area contributed by atoms with Crippen molar-refractivity contribution in [3.63, 3.8) is 0 Å². The molecule has 1 N–H and O–H groups in total. The van der Waals surface area contributed by atoms with E-state index in [9.17, 15) is 9.59 Å². The molecular weight excluding hydrogens is 402 g/mol. The molecule has 5 nitrogen and oxygen atoms in total. The number of Topliss-reactive ketones (excluding diaryl/α,β-unsaturated/α-hetero) is 1. The van der Waals surface area contributed by atoms with Crippen LogP contribution in [0.4, 0.5) is 5.13 Å². The summed E-state index contributed by atoms with van der Waals surface area (Å²) in [6.45, 7) is 0. The highest BCUT2D eigenvalue weighted by Gasteiger charge is 2.11. The smallest absolute Gasteiger partial charge is 0.250 e. The average Bonchev–Trinajstić information content (AvgIpc) is 3.13. The number of carbonyl (C=O) groups is 2. The van der Waals surface area contributed by atoms with Gasteiger partial charge in [0.15, 0.2) is 10.1 Å². The van der Waals surface area contributed by atoms with E-state index in [0.717, 1.165) is 5.56 Å². The van der Waals surface area contributed by atoms with E-state index in [1.54, 1.807) is 30.3 Å². The highest BCUT2D eigenvalue weighted by Crippen LogP contribution is 2.26. The van der Waals surface area contributed by atoms with Crippen molar-refractivity contribution in [1.29, 1.82) is 0 Å². The molecule has 0 saturated carbocycles. The summed E-state index contributed by atoms with van der Waals surface area (Å²) in [5.41, 5.74) is 1.53. The maximum absolute atomic E-state index is 12.1. The third kappa shape index (κ3) is 6.02. The number of nitrogens with one attached hydrogen (secondary N) is 1. The van der Waals surface area contributed by atoms with Crippen molar-refractivity contribution in [2.45, 2.75) is 4.34 Å². The number of carbonyl (C=O) groups excluding carboxylic acids is 2. The van der Waals surface area contributed by atoms with Crippen molar-refractivity contribution in [3.8, 4) is 0 Å². The van der Waals surface area contributed by atoms with Gasteiger partial charge in [0.05, 0.1) is 5.75 Å². The zero-order valence-corrected chi connectivity index (χ0v) is 16.4. The molecule has 1 aromatic heterocycles. The molecule has 0 aliphatic carbocycles. The summed E-state index contributed by atoms with van der Waals surface area (Å²) in [7, 11) is 0. The first kappa shape index (κ1) is 19.3. The quantitative estimate of drug-likeness (QED) is 0.259. The molecular formula is C19H14ClN3O2S2. The molecule has 0 aliphatic heterocycles. The van der Waals surface area contributed by atoms with Crippen LogP contribution in [0, 0.1) is 0 Å². The predicted octanol–water partition coefficient (Wildman–Crippen LogP) is 4.82. The van der Waals surface area contributed by atoms with E-state index in [2.05, 4.69) is 15.5 Å². The summed E-state index contributed by atoms with van der Waals surface area (Å²) in [6.07, 6.45) is 3.16. The molecule has 0 aliphatic rings. The summed E-state index contributed by atoms with van der Waals surface area (Å²) in [4.78, 5) is 24.1. The van der Waals surface area contributed by atoms with Crippen LogP contribution in [0.25, 0.3) is 6.08 Å². The van der Waals surface area contributed by atoms with Gasteiger partial charge in [-0.2, -0.15) is 0 Å². The summed E-state index contributed by atoms with van der Waals surface area (Å²) in [5.74, 6) is -0.0787. The maximum atomic E-state index is 12.1. The maximum Gasteiger partial charge on any atom is 0.250 e. The summed E-state index contributed by atoms with van der Waals surface area (Å²) in [6, 6.07) is 16.3. The Bertz CT molecular complexity index is 957. The van der Waals surface area contributed by atoms with Gasteiger partial charge in [-0.1, -0.05) is 65.0 Å². The molecule has 27 heavy (non-hydrogen) atoms. The normalized spacial score (nSPS) is 10.9. The van der Waals surface area contributed by atoms with Crippen LogP contribution >= 0.6 is 34.7 Å². The Labute approximate surface area is 169 Å². The largest absolute Gasteiger partial charge is 0.297 e. The van der Waals surface area contributed by atoms with Crippen LogP contribution < -0.4 is 5.32 Å². The van der Waals surface area contributed by atoms with Crippen LogP contribution in [0.5, 0.6) is 0 Å². The third-order valence-electron chi connectivity index (χ3n) is 3.36. The van der Waals surface area contributed by atoms with Crippen molar-refractivity contribution < 1.29 is 9.59 Å². The average molecular weight is 416 g/mol. The minimum absolute atomic E-state index is 0.0248. The Morgan fingerprint density at radius 3 is 2.56 bits per heavy atom. The van der Waals surface area contributed by atoms with Crippen molar-refractivity contribution in [2.24, 2.45) is 0 Å². The van der Waals surface area contributed by atoms with Gasteiger partial charge in [-0.15, -0.1) is 10.2 Å². The molecule has 0 unspecified atom stereocenters. The van der Waals surface area contributed by atoms with Crippen LogP contribution in [0.2, 0.25) is 5.02 Å². The van der Waals surface area contributed by atoms with E-state index in [0.29, 0.717) is 20.1 Å². The molecule has 0 spiro atoms. The van der Waals surface area contributed by atoms with Crippen molar-refractivity contribution in [3.05, 3.63) is 76.8 Å². The van der Waals surface area contributed by atoms with Crippen molar-refractivity contribution in [2.75, 3.05) is 11.1 Å². The first-order chi connectivity index (χ1) is 13.1. The highest BCUT2D eigenvalue weighted by atomic mass is 35.5. The Balaban J connectivity index is 1.50. The first-order valence-electron chi connectivity index (χ1n) is 7.89. The second-order valence-corrected chi connectivity index (χ2v) is 7.96. The molecule has 1 heterocycles. The van der Waals surface area contributed by atoms with E-state index in [-0.39, 0.29) is 17.4 Å². The van der Waals surface area contributed by atoms with Gasteiger partial charge in [0.25, 0.3) is 0 Å². The number of hydrogen-bond donors (Lipinski definition) is 1. The van der Waals surface area contributed by atoms with E-state index >= 15 is 0 Å². The van der Waals surface area contributed by atoms with E-state index in [4.69, 9.17) is 11.6 Å². The van der Waals surface area contributed by atoms with Gasteiger partial charge in [0, 0.05) is 16.7 Å². The summed E-state index contributed by atoms with van der Waals surface area (Å²) in [5, 5.41) is 11.6. The second-order valence-electron chi connectivity index (χ2n) is 5.33. The predicted molar refractivity (Wildman–Crippen MR) is 111 cm³/mol. The van der Waals surface area contributed by atoms with Gasteiger partial charge in [0.1, 0.15) is 0 Å². The number of thioether (sulfide) groups is 1. The van der Waals surface area contributed by atoms with Crippen LogP contribution in [-0.4, -0.2) is 27.6 Å². The number of nitrogens with zero attached hydrogens (tertiary/aromatic N) is 2. The lowest BCUT2D eigenvalue weighted by atomic mass is 10.1. The molecule has 8 heteroatoms. The van der Waals surface area contributed by atoms with Crippen LogP contribution in [0.1, 0.15) is 15.9 Å². The molecule has 0 saturated heterocycles. The molecule has 2 aromatic carbocycles. The fourth-order valence-corrected chi connectivity index (χ4v) is 3.82. The fourth-order valence-electron chi connectivity index (χ4n) is 2.05. The lowest BCUT2D eigenvalue weighted by Gasteiger charge is -1.99. The number of aromatic nitrogens is 2. The number of amides is 1. The fraction of sp³-hybridized carbons (Fsp3) is 0.0526. The zero-order valence-electron chi connectivity index (χ0n) is 14.0. The third-order valence-corrected chi connectivity index (χ3v) is 5.58. The van der Waals surface area contributed by atoms with Gasteiger partial charge in [-0.05, 0) is 35.9 Å². The van der Waals surface area contributed by atoms with E-state index in [1.807, 2.05) is 30.3 Å². The van der Waals surface area contributed by atoms with Crippen molar-refractivity contribution >= 4 is 57.6 Å². The Morgan fingerprint density at radius 2 is 1.81 bits per heavy atom. The number of hydrogen-bond acceptors (Lipinski definition) is 6. The lowest BCUT2D eigenvalue weighted by molar-refractivity contribution is -0.111. The monoisotopic (exact) mass is 415 g/mol. The Hall–Kier alpha value is -2.48. The molecule has 136 valence electrons. The van der Waals surface area contributed by atoms with Gasteiger partial charge in [-0.3, -0.25) is 14.9 Å². The summed E-state index contributed by atoms with van der Waals surface area (Å²) < 4.78 is 0.611. The molecule has 0 fully saturated rings. The molecule has 0 atom stereocenters. The second kappa shape index (κ2) is 9.45. The van der Waals surface area contributed by atoms with Crippen LogP contribution in [-0.2, 0) is 4.79 Å². The summed E-state index contributed by atoms with van der Waals surface area (Å²) >= 11 is 8.32. The number of anilines is 1. The van der Waals surface area contributed by atoms with Crippen molar-refractivity contribution in [1.82, 2.24) is 10.2 Å². The Morgan fingerprint density at radius 1 is 1.07 bits per heavy atom. The molecule has 1 amide bonds. The van der Waals surface area contributed by atoms with Gasteiger partial charge in [-0.25, -0.2) is 0 Å². The Kier molecular flexibility index (Phi) is 6.75. The number of benzene rings is 2. The van der Waals surface area contributed by atoms with Crippen LogP contribution in [0.15, 0.2) is 65.0 Å². The molecule has 0 bridgehead atoms. The topological polar surface area (TPSA) is 72.0 Å². The van der Waals surface area contributed by atoms with Crippen LogP contribution in [0.3, 0.4) is 0 Å². The zero-order chi connectivity index (χ0) is 19.1. The van der Waals surface area contributed by atoms with Gasteiger partial charge < -0.3 is 0 Å². The number of ketones is 1. The van der Waals surface area contributed by atoms with Gasteiger partial charge in [0.2, 0.25) is 11.0 Å². The van der Waals surface area contributed by atoms with Gasteiger partial charge >= 0.3 is 0 Å².